The number of aryl methyl sites for hydroxylation is 1. The van der Waals surface area contributed by atoms with Gasteiger partial charge in [-0.25, -0.2) is 4.79 Å². The molecule has 0 bridgehead atoms. The van der Waals surface area contributed by atoms with Crippen molar-refractivity contribution in [2.24, 2.45) is 0 Å². The number of aromatic carboxylic acids is 1. The summed E-state index contributed by atoms with van der Waals surface area (Å²) in [6.07, 6.45) is 1.74. The number of anilines is 1. The number of hydrogen-bond donors (Lipinski definition) is 1. The standard InChI is InChI=1S/C28H25Cl2NO4/c1-27(2)12-11-16-13-18(7-10-23(16)35-27)28(3)20-14-19(29)8-9-22(20)31(26(28)34)15-17-5-4-6-21(30)24(17)25(32)33/h4-10,13-14H,11-12,15H2,1-3H3,(H,32,33)/t28-/m0/s1. The van der Waals surface area contributed by atoms with Gasteiger partial charge in [-0.15, -0.1) is 0 Å². The van der Waals surface area contributed by atoms with Crippen molar-refractivity contribution in [1.82, 2.24) is 0 Å². The van der Waals surface area contributed by atoms with Crippen molar-refractivity contribution in [2.45, 2.75) is 51.2 Å². The van der Waals surface area contributed by atoms with Gasteiger partial charge in [0.1, 0.15) is 11.4 Å². The quantitative estimate of drug-likeness (QED) is 0.427. The SMILES string of the molecule is CC1(C)CCc2cc([C@]3(C)C(=O)N(Cc4cccc(Cl)c4C(=O)O)c4ccc(Cl)cc43)ccc2O1. The highest BCUT2D eigenvalue weighted by atomic mass is 35.5. The highest BCUT2D eigenvalue weighted by molar-refractivity contribution is 6.33. The first-order chi connectivity index (χ1) is 16.5. The van der Waals surface area contributed by atoms with Crippen LogP contribution in [-0.4, -0.2) is 22.6 Å². The molecule has 35 heavy (non-hydrogen) atoms. The van der Waals surface area contributed by atoms with E-state index in [9.17, 15) is 14.7 Å². The number of carbonyl (C=O) groups is 2. The van der Waals surface area contributed by atoms with E-state index in [1.165, 1.54) is 6.07 Å². The number of ether oxygens (including phenoxy) is 1. The van der Waals surface area contributed by atoms with Gasteiger partial charge in [-0.2, -0.15) is 0 Å². The molecule has 0 aliphatic carbocycles. The van der Waals surface area contributed by atoms with Gasteiger partial charge in [0, 0.05) is 10.7 Å². The molecule has 2 heterocycles. The Balaban J connectivity index is 1.61. The van der Waals surface area contributed by atoms with Crippen molar-refractivity contribution >= 4 is 40.8 Å². The zero-order valence-electron chi connectivity index (χ0n) is 19.7. The Morgan fingerprint density at radius 3 is 2.60 bits per heavy atom. The normalized spacial score (nSPS) is 20.3. The second-order valence-corrected chi connectivity index (χ2v) is 10.8. The number of amides is 1. The van der Waals surface area contributed by atoms with Crippen molar-refractivity contribution < 1.29 is 19.4 Å². The molecule has 7 heteroatoms. The predicted octanol–water partition coefficient (Wildman–Crippen LogP) is 6.65. The van der Waals surface area contributed by atoms with Crippen molar-refractivity contribution in [3.63, 3.8) is 0 Å². The minimum absolute atomic E-state index is 0.000345. The number of halogens is 2. The third-order valence-electron chi connectivity index (χ3n) is 7.12. The highest BCUT2D eigenvalue weighted by Crippen LogP contribution is 2.49. The first-order valence-electron chi connectivity index (χ1n) is 11.5. The van der Waals surface area contributed by atoms with Crippen molar-refractivity contribution in [2.75, 3.05) is 4.90 Å². The molecule has 5 nitrogen and oxygen atoms in total. The van der Waals surface area contributed by atoms with Crippen LogP contribution in [-0.2, 0) is 23.2 Å². The molecule has 0 aromatic heterocycles. The van der Waals surface area contributed by atoms with E-state index in [1.54, 1.807) is 23.1 Å². The first-order valence-corrected chi connectivity index (χ1v) is 12.2. The third-order valence-corrected chi connectivity index (χ3v) is 7.67. The van der Waals surface area contributed by atoms with Crippen LogP contribution in [0.15, 0.2) is 54.6 Å². The second-order valence-electron chi connectivity index (χ2n) is 9.94. The minimum atomic E-state index is -1.13. The molecule has 3 aromatic carbocycles. The summed E-state index contributed by atoms with van der Waals surface area (Å²) in [4.78, 5) is 27.6. The van der Waals surface area contributed by atoms with E-state index in [0.29, 0.717) is 16.3 Å². The maximum absolute atomic E-state index is 14.1. The highest BCUT2D eigenvalue weighted by Gasteiger charge is 2.49. The maximum atomic E-state index is 14.1. The molecule has 3 aromatic rings. The number of carboxylic acid groups (broad SMARTS) is 1. The average molecular weight is 510 g/mol. The smallest absolute Gasteiger partial charge is 0.337 e. The van der Waals surface area contributed by atoms with E-state index in [4.69, 9.17) is 27.9 Å². The van der Waals surface area contributed by atoms with Crippen molar-refractivity contribution in [3.8, 4) is 5.75 Å². The van der Waals surface area contributed by atoms with Gasteiger partial charge in [0.15, 0.2) is 0 Å². The van der Waals surface area contributed by atoms with Gasteiger partial charge in [0.25, 0.3) is 0 Å². The number of benzene rings is 3. The second kappa shape index (κ2) is 8.28. The Kier molecular flexibility index (Phi) is 5.61. The summed E-state index contributed by atoms with van der Waals surface area (Å²) >= 11 is 12.6. The summed E-state index contributed by atoms with van der Waals surface area (Å²) in [6, 6.07) is 16.2. The summed E-state index contributed by atoms with van der Waals surface area (Å²) < 4.78 is 6.15. The molecular formula is C28H25Cl2NO4. The predicted molar refractivity (Wildman–Crippen MR) is 137 cm³/mol. The average Bonchev–Trinajstić information content (AvgIpc) is 3.00. The fourth-order valence-electron chi connectivity index (χ4n) is 5.15. The molecule has 1 N–H and O–H groups in total. The molecule has 0 fully saturated rings. The fourth-order valence-corrected chi connectivity index (χ4v) is 5.60. The van der Waals surface area contributed by atoms with Gasteiger partial charge in [0.05, 0.1) is 22.5 Å². The molecule has 2 aliphatic heterocycles. The van der Waals surface area contributed by atoms with Gasteiger partial charge in [-0.05, 0) is 86.2 Å². The Morgan fingerprint density at radius 1 is 1.09 bits per heavy atom. The largest absolute Gasteiger partial charge is 0.488 e. The fraction of sp³-hybridized carbons (Fsp3) is 0.286. The topological polar surface area (TPSA) is 66.8 Å². The molecule has 0 spiro atoms. The molecule has 0 saturated carbocycles. The van der Waals surface area contributed by atoms with Crippen LogP contribution < -0.4 is 9.64 Å². The van der Waals surface area contributed by atoms with Crippen LogP contribution in [0.25, 0.3) is 0 Å². The lowest BCUT2D eigenvalue weighted by Gasteiger charge is -2.34. The van der Waals surface area contributed by atoms with Gasteiger partial charge < -0.3 is 14.7 Å². The summed E-state index contributed by atoms with van der Waals surface area (Å²) in [5.74, 6) is -0.440. The van der Waals surface area contributed by atoms with E-state index in [0.717, 1.165) is 35.3 Å². The molecule has 0 saturated heterocycles. The van der Waals surface area contributed by atoms with E-state index in [-0.39, 0.29) is 28.6 Å². The van der Waals surface area contributed by atoms with E-state index < -0.39 is 11.4 Å². The number of hydrogen-bond acceptors (Lipinski definition) is 3. The lowest BCUT2D eigenvalue weighted by atomic mass is 9.76. The zero-order valence-corrected chi connectivity index (χ0v) is 21.2. The van der Waals surface area contributed by atoms with E-state index >= 15 is 0 Å². The lowest BCUT2D eigenvalue weighted by molar-refractivity contribution is -0.121. The molecular weight excluding hydrogens is 485 g/mol. The molecule has 1 atom stereocenters. The van der Waals surface area contributed by atoms with E-state index in [1.807, 2.05) is 31.2 Å². The first kappa shape index (κ1) is 23.7. The molecule has 0 radical (unpaired) electrons. The lowest BCUT2D eigenvalue weighted by Crippen LogP contribution is -2.39. The number of carbonyl (C=O) groups excluding carboxylic acids is 1. The third kappa shape index (κ3) is 3.87. The van der Waals surface area contributed by atoms with Gasteiger partial charge in [-0.3, -0.25) is 4.79 Å². The number of carboxylic acids is 1. The molecule has 1 amide bonds. The van der Waals surface area contributed by atoms with Crippen LogP contribution in [0.1, 0.15) is 59.8 Å². The van der Waals surface area contributed by atoms with Crippen LogP contribution in [0.2, 0.25) is 10.0 Å². The van der Waals surface area contributed by atoms with Crippen LogP contribution in [0, 0.1) is 0 Å². The van der Waals surface area contributed by atoms with E-state index in [2.05, 4.69) is 19.9 Å². The van der Waals surface area contributed by atoms with Crippen LogP contribution >= 0.6 is 23.2 Å². The van der Waals surface area contributed by atoms with Crippen LogP contribution in [0.5, 0.6) is 5.75 Å². The molecule has 180 valence electrons. The van der Waals surface area contributed by atoms with Crippen molar-refractivity contribution in [1.29, 1.82) is 0 Å². The Hall–Kier alpha value is -3.02. The van der Waals surface area contributed by atoms with Crippen LogP contribution in [0.4, 0.5) is 5.69 Å². The molecule has 0 unspecified atom stereocenters. The monoisotopic (exact) mass is 509 g/mol. The Labute approximate surface area is 214 Å². The summed E-state index contributed by atoms with van der Waals surface area (Å²) in [7, 11) is 0. The van der Waals surface area contributed by atoms with Gasteiger partial charge in [-0.1, -0.05) is 47.5 Å². The summed E-state index contributed by atoms with van der Waals surface area (Å²) in [5.41, 5.74) is 2.64. The number of fused-ring (bicyclic) bond motifs is 2. The van der Waals surface area contributed by atoms with Gasteiger partial charge >= 0.3 is 5.97 Å². The Bertz CT molecular complexity index is 1380. The summed E-state index contributed by atoms with van der Waals surface area (Å²) in [6.45, 7) is 6.12. The summed E-state index contributed by atoms with van der Waals surface area (Å²) in [5, 5.41) is 10.4. The molecule has 5 rings (SSSR count). The Morgan fingerprint density at radius 2 is 1.86 bits per heavy atom. The maximum Gasteiger partial charge on any atom is 0.337 e. The van der Waals surface area contributed by atoms with Crippen molar-refractivity contribution in [3.05, 3.63) is 92.5 Å². The zero-order chi connectivity index (χ0) is 25.1. The molecule has 2 aliphatic rings. The minimum Gasteiger partial charge on any atom is -0.488 e. The number of rotatable bonds is 4. The van der Waals surface area contributed by atoms with Crippen LogP contribution in [0.3, 0.4) is 0 Å². The number of nitrogens with zero attached hydrogens (tertiary/aromatic N) is 1. The van der Waals surface area contributed by atoms with Gasteiger partial charge in [0.2, 0.25) is 5.91 Å².